The number of fused-ring (bicyclic) bond motifs is 1. The van der Waals surface area contributed by atoms with E-state index in [0.717, 1.165) is 16.5 Å². The summed E-state index contributed by atoms with van der Waals surface area (Å²) in [5, 5.41) is 14.1. The molecule has 0 aliphatic carbocycles. The zero-order valence-corrected chi connectivity index (χ0v) is 10.7. The van der Waals surface area contributed by atoms with E-state index in [0.29, 0.717) is 12.1 Å². The molecular weight excluding hydrogens is 254 g/mol. The van der Waals surface area contributed by atoms with Crippen LogP contribution in [0.2, 0.25) is 0 Å². The Balaban J connectivity index is 1.82. The first-order valence-electron chi connectivity index (χ1n) is 6.22. The summed E-state index contributed by atoms with van der Waals surface area (Å²) in [4.78, 5) is 11.2. The summed E-state index contributed by atoms with van der Waals surface area (Å²) >= 11 is 0. The number of amides is 1. The Morgan fingerprint density at radius 1 is 1.15 bits per heavy atom. The molecule has 5 nitrogen and oxygen atoms in total. The molecule has 0 aliphatic rings. The second kappa shape index (κ2) is 5.14. The van der Waals surface area contributed by atoms with Crippen molar-refractivity contribution in [3.63, 3.8) is 0 Å². The van der Waals surface area contributed by atoms with E-state index in [1.165, 1.54) is 0 Å². The van der Waals surface area contributed by atoms with Crippen molar-refractivity contribution in [1.29, 1.82) is 0 Å². The Kier molecular flexibility index (Phi) is 3.18. The molecule has 0 aliphatic heterocycles. The number of hydroxylamine groups is 1. The van der Waals surface area contributed by atoms with Gasteiger partial charge in [0.05, 0.1) is 12.1 Å². The maximum absolute atomic E-state index is 11.2. The van der Waals surface area contributed by atoms with Gasteiger partial charge in [-0.1, -0.05) is 30.3 Å². The van der Waals surface area contributed by atoms with Crippen molar-refractivity contribution in [2.45, 2.75) is 6.54 Å². The van der Waals surface area contributed by atoms with Crippen LogP contribution in [0.1, 0.15) is 15.9 Å². The van der Waals surface area contributed by atoms with Crippen molar-refractivity contribution < 1.29 is 10.0 Å². The Morgan fingerprint density at radius 3 is 2.60 bits per heavy atom. The summed E-state index contributed by atoms with van der Waals surface area (Å²) in [5.74, 6) is -0.513. The number of aromatic nitrogens is 2. The van der Waals surface area contributed by atoms with Gasteiger partial charge in [-0.05, 0) is 23.8 Å². The maximum atomic E-state index is 11.2. The minimum absolute atomic E-state index is 0.418. The lowest BCUT2D eigenvalue weighted by Gasteiger charge is -2.03. The summed E-state index contributed by atoms with van der Waals surface area (Å²) in [6.45, 7) is 0.635. The third-order valence-corrected chi connectivity index (χ3v) is 3.12. The fourth-order valence-electron chi connectivity index (χ4n) is 2.11. The molecule has 0 spiro atoms. The van der Waals surface area contributed by atoms with Crippen molar-refractivity contribution in [2.75, 3.05) is 0 Å². The number of carbonyl (C=O) groups is 1. The van der Waals surface area contributed by atoms with E-state index in [4.69, 9.17) is 5.21 Å². The van der Waals surface area contributed by atoms with Gasteiger partial charge < -0.3 is 0 Å². The summed E-state index contributed by atoms with van der Waals surface area (Å²) in [6.07, 6.45) is 1.99. The number of hydrogen-bond donors (Lipinski definition) is 2. The summed E-state index contributed by atoms with van der Waals surface area (Å²) in [5.41, 5.74) is 4.03. The zero-order valence-electron chi connectivity index (χ0n) is 10.7. The molecule has 2 aromatic carbocycles. The minimum atomic E-state index is -0.513. The molecule has 5 heteroatoms. The molecule has 1 aromatic heterocycles. The van der Waals surface area contributed by atoms with E-state index in [-0.39, 0.29) is 0 Å². The largest absolute Gasteiger partial charge is 0.288 e. The quantitative estimate of drug-likeness (QED) is 0.564. The van der Waals surface area contributed by atoms with Crippen LogP contribution in [0.25, 0.3) is 10.9 Å². The molecule has 2 N–H and O–H groups in total. The summed E-state index contributed by atoms with van der Waals surface area (Å²) in [6, 6.07) is 15.0. The van der Waals surface area contributed by atoms with Gasteiger partial charge in [0.25, 0.3) is 5.91 Å². The van der Waals surface area contributed by atoms with E-state index in [1.54, 1.807) is 17.6 Å². The van der Waals surface area contributed by atoms with Crippen LogP contribution in [-0.2, 0) is 6.54 Å². The highest BCUT2D eigenvalue weighted by Crippen LogP contribution is 2.13. The average molecular weight is 267 g/mol. The van der Waals surface area contributed by atoms with E-state index in [2.05, 4.69) is 5.10 Å². The molecule has 0 saturated heterocycles. The number of hydrogen-bond acceptors (Lipinski definition) is 3. The SMILES string of the molecule is O=C(NO)c1ccc(Cn2cc3ccccc3n2)cc1. The number of benzene rings is 2. The van der Waals surface area contributed by atoms with Crippen LogP contribution < -0.4 is 5.48 Å². The third-order valence-electron chi connectivity index (χ3n) is 3.12. The van der Waals surface area contributed by atoms with Gasteiger partial charge >= 0.3 is 0 Å². The highest BCUT2D eigenvalue weighted by Gasteiger charge is 2.04. The molecule has 0 atom stereocenters. The summed E-state index contributed by atoms with van der Waals surface area (Å²) < 4.78 is 1.87. The number of carbonyl (C=O) groups excluding carboxylic acids is 1. The average Bonchev–Trinajstić information content (AvgIpc) is 2.89. The van der Waals surface area contributed by atoms with Crippen molar-refractivity contribution in [3.05, 3.63) is 65.9 Å². The van der Waals surface area contributed by atoms with Crippen molar-refractivity contribution in [3.8, 4) is 0 Å². The molecule has 0 saturated carbocycles. The zero-order chi connectivity index (χ0) is 13.9. The number of nitrogens with zero attached hydrogens (tertiary/aromatic N) is 2. The number of rotatable bonds is 3. The molecule has 0 fully saturated rings. The fourth-order valence-corrected chi connectivity index (χ4v) is 2.11. The lowest BCUT2D eigenvalue weighted by Crippen LogP contribution is -2.18. The fraction of sp³-hybridized carbons (Fsp3) is 0.0667. The molecule has 1 amide bonds. The Labute approximate surface area is 115 Å². The highest BCUT2D eigenvalue weighted by atomic mass is 16.5. The predicted molar refractivity (Wildman–Crippen MR) is 74.5 cm³/mol. The van der Waals surface area contributed by atoms with Gasteiger partial charge in [0, 0.05) is 17.1 Å². The standard InChI is InChI=1S/C15H13N3O2/c19-15(17-20)12-7-5-11(6-8-12)9-18-10-13-3-1-2-4-14(13)16-18/h1-8,10,20H,9H2,(H,17,19). The van der Waals surface area contributed by atoms with Gasteiger partial charge in [0.2, 0.25) is 0 Å². The lowest BCUT2D eigenvalue weighted by molar-refractivity contribution is 0.0706. The van der Waals surface area contributed by atoms with E-state index >= 15 is 0 Å². The Morgan fingerprint density at radius 2 is 1.90 bits per heavy atom. The molecule has 1 heterocycles. The van der Waals surface area contributed by atoms with Crippen LogP contribution in [0.15, 0.2) is 54.7 Å². The van der Waals surface area contributed by atoms with Gasteiger partial charge in [-0.3, -0.25) is 14.7 Å². The van der Waals surface area contributed by atoms with Crippen molar-refractivity contribution in [1.82, 2.24) is 15.3 Å². The van der Waals surface area contributed by atoms with Crippen LogP contribution >= 0.6 is 0 Å². The Hall–Kier alpha value is -2.66. The van der Waals surface area contributed by atoms with Crippen LogP contribution in [0, 0.1) is 0 Å². The first kappa shape index (κ1) is 12.4. The number of nitrogens with one attached hydrogen (secondary N) is 1. The second-order valence-corrected chi connectivity index (χ2v) is 4.52. The monoisotopic (exact) mass is 267 g/mol. The van der Waals surface area contributed by atoms with Crippen molar-refractivity contribution in [2.24, 2.45) is 0 Å². The molecule has 20 heavy (non-hydrogen) atoms. The first-order valence-corrected chi connectivity index (χ1v) is 6.22. The van der Waals surface area contributed by atoms with Gasteiger partial charge in [0.15, 0.2) is 0 Å². The van der Waals surface area contributed by atoms with Gasteiger partial charge in [-0.25, -0.2) is 5.48 Å². The maximum Gasteiger partial charge on any atom is 0.274 e. The molecule has 3 aromatic rings. The molecule has 0 bridgehead atoms. The summed E-state index contributed by atoms with van der Waals surface area (Å²) in [7, 11) is 0. The third kappa shape index (κ3) is 2.39. The predicted octanol–water partition coefficient (Wildman–Crippen LogP) is 2.20. The van der Waals surface area contributed by atoms with Gasteiger partial charge in [0.1, 0.15) is 0 Å². The molecule has 0 radical (unpaired) electrons. The van der Waals surface area contributed by atoms with Crippen LogP contribution in [-0.4, -0.2) is 20.9 Å². The smallest absolute Gasteiger partial charge is 0.274 e. The van der Waals surface area contributed by atoms with E-state index in [1.807, 2.05) is 47.3 Å². The van der Waals surface area contributed by atoms with Gasteiger partial charge in [-0.15, -0.1) is 0 Å². The normalized spacial score (nSPS) is 10.7. The molecule has 100 valence electrons. The minimum Gasteiger partial charge on any atom is -0.288 e. The van der Waals surface area contributed by atoms with Crippen molar-refractivity contribution >= 4 is 16.8 Å². The van der Waals surface area contributed by atoms with Crippen LogP contribution in [0.4, 0.5) is 0 Å². The molecule has 0 unspecified atom stereocenters. The molecule has 3 rings (SSSR count). The second-order valence-electron chi connectivity index (χ2n) is 4.52. The van der Waals surface area contributed by atoms with E-state index in [9.17, 15) is 4.79 Å². The van der Waals surface area contributed by atoms with Crippen LogP contribution in [0.5, 0.6) is 0 Å². The topological polar surface area (TPSA) is 67.2 Å². The van der Waals surface area contributed by atoms with E-state index < -0.39 is 5.91 Å². The molecular formula is C15H13N3O2. The highest BCUT2D eigenvalue weighted by molar-refractivity contribution is 5.93. The first-order chi connectivity index (χ1) is 9.76. The Bertz CT molecular complexity index is 714. The van der Waals surface area contributed by atoms with Crippen LogP contribution in [0.3, 0.4) is 0 Å². The lowest BCUT2D eigenvalue weighted by atomic mass is 10.1. The van der Waals surface area contributed by atoms with Gasteiger partial charge in [-0.2, -0.15) is 5.10 Å².